The Morgan fingerprint density at radius 1 is 1.55 bits per heavy atom. The lowest BCUT2D eigenvalue weighted by molar-refractivity contribution is 0.509. The maximum atomic E-state index is 8.91. The molecule has 2 aromatic heterocycles. The summed E-state index contributed by atoms with van der Waals surface area (Å²) in [5.74, 6) is 1.63. The second kappa shape index (κ2) is 5.71. The average molecular weight is 303 g/mol. The molecule has 0 fully saturated rings. The van der Waals surface area contributed by atoms with Crippen LogP contribution in [0.1, 0.15) is 30.7 Å². The number of nitrogens with zero attached hydrogens (tertiary/aromatic N) is 3. The van der Waals surface area contributed by atoms with Crippen LogP contribution < -0.4 is 0 Å². The zero-order chi connectivity index (χ0) is 14.1. The number of hydrogen-bond donors (Lipinski definition) is 0. The SMILES string of the molecule is C[C@H]1CCc2c(sc3ncnc(SC[C@H](C)C#N)c23)C1. The van der Waals surface area contributed by atoms with Gasteiger partial charge in [0.05, 0.1) is 12.0 Å². The van der Waals surface area contributed by atoms with Gasteiger partial charge in [0.25, 0.3) is 0 Å². The van der Waals surface area contributed by atoms with E-state index in [4.69, 9.17) is 5.26 Å². The van der Waals surface area contributed by atoms with Crippen LogP contribution in [0.2, 0.25) is 0 Å². The summed E-state index contributed by atoms with van der Waals surface area (Å²) in [6, 6.07) is 2.28. The number of aryl methyl sites for hydroxylation is 1. The van der Waals surface area contributed by atoms with E-state index in [0.29, 0.717) is 0 Å². The van der Waals surface area contributed by atoms with Gasteiger partial charge in [-0.3, -0.25) is 0 Å². The van der Waals surface area contributed by atoms with E-state index in [2.05, 4.69) is 23.0 Å². The maximum Gasteiger partial charge on any atom is 0.128 e. The summed E-state index contributed by atoms with van der Waals surface area (Å²) in [5, 5.41) is 11.2. The highest BCUT2D eigenvalue weighted by Crippen LogP contribution is 2.40. The molecular formula is C15H17N3S2. The highest BCUT2D eigenvalue weighted by Gasteiger charge is 2.23. The Balaban J connectivity index is 1.99. The fraction of sp³-hybridized carbons (Fsp3) is 0.533. The number of fused-ring (bicyclic) bond motifs is 3. The molecule has 0 aromatic carbocycles. The molecule has 5 heteroatoms. The van der Waals surface area contributed by atoms with E-state index < -0.39 is 0 Å². The van der Waals surface area contributed by atoms with Gasteiger partial charge in [-0.2, -0.15) is 5.26 Å². The molecule has 0 N–H and O–H groups in total. The minimum Gasteiger partial charge on any atom is -0.229 e. The van der Waals surface area contributed by atoms with Gasteiger partial charge in [-0.25, -0.2) is 9.97 Å². The van der Waals surface area contributed by atoms with Gasteiger partial charge in [0, 0.05) is 16.0 Å². The quantitative estimate of drug-likeness (QED) is 0.633. The summed E-state index contributed by atoms with van der Waals surface area (Å²) < 4.78 is 0. The summed E-state index contributed by atoms with van der Waals surface area (Å²) in [7, 11) is 0. The Labute approximate surface area is 127 Å². The van der Waals surface area contributed by atoms with Gasteiger partial charge in [-0.05, 0) is 37.7 Å². The third-order valence-corrected chi connectivity index (χ3v) is 6.16. The van der Waals surface area contributed by atoms with Crippen molar-refractivity contribution in [3.63, 3.8) is 0 Å². The third kappa shape index (κ3) is 2.55. The zero-order valence-corrected chi connectivity index (χ0v) is 13.4. The molecule has 104 valence electrons. The van der Waals surface area contributed by atoms with Crippen LogP contribution in [-0.2, 0) is 12.8 Å². The van der Waals surface area contributed by atoms with E-state index in [1.54, 1.807) is 18.1 Å². The van der Waals surface area contributed by atoms with Crippen LogP contribution in [0.15, 0.2) is 11.4 Å². The van der Waals surface area contributed by atoms with E-state index in [9.17, 15) is 0 Å². The fourth-order valence-electron chi connectivity index (χ4n) is 2.60. The number of thiophene rings is 1. The van der Waals surface area contributed by atoms with Gasteiger partial charge in [0.15, 0.2) is 0 Å². The predicted molar refractivity (Wildman–Crippen MR) is 84.1 cm³/mol. The van der Waals surface area contributed by atoms with Crippen molar-refractivity contribution in [2.24, 2.45) is 11.8 Å². The second-order valence-electron chi connectivity index (χ2n) is 5.55. The Hall–Kier alpha value is -1.12. The molecule has 0 aliphatic heterocycles. The van der Waals surface area contributed by atoms with E-state index in [1.165, 1.54) is 28.7 Å². The summed E-state index contributed by atoms with van der Waals surface area (Å²) >= 11 is 3.52. The molecule has 1 aliphatic carbocycles. The first-order chi connectivity index (χ1) is 9.69. The summed E-state index contributed by atoms with van der Waals surface area (Å²) in [6.45, 7) is 4.28. The molecular weight excluding hydrogens is 286 g/mol. The first-order valence-corrected chi connectivity index (χ1v) is 8.77. The molecule has 0 bridgehead atoms. The molecule has 2 heterocycles. The number of hydrogen-bond acceptors (Lipinski definition) is 5. The van der Waals surface area contributed by atoms with Crippen molar-refractivity contribution in [2.75, 3.05) is 5.75 Å². The van der Waals surface area contributed by atoms with E-state index in [-0.39, 0.29) is 5.92 Å². The predicted octanol–water partition coefficient (Wildman–Crippen LogP) is 4.07. The minimum absolute atomic E-state index is 0.0551. The highest BCUT2D eigenvalue weighted by molar-refractivity contribution is 7.99. The van der Waals surface area contributed by atoms with Crippen molar-refractivity contribution in [3.05, 3.63) is 16.8 Å². The molecule has 0 radical (unpaired) electrons. The van der Waals surface area contributed by atoms with E-state index >= 15 is 0 Å². The van der Waals surface area contributed by atoms with Gasteiger partial charge in [0.2, 0.25) is 0 Å². The monoisotopic (exact) mass is 303 g/mol. The lowest BCUT2D eigenvalue weighted by atomic mass is 9.89. The Morgan fingerprint density at radius 2 is 2.40 bits per heavy atom. The summed E-state index contributed by atoms with van der Waals surface area (Å²) in [6.07, 6.45) is 5.24. The number of aromatic nitrogens is 2. The molecule has 0 saturated heterocycles. The van der Waals surface area contributed by atoms with E-state index in [1.807, 2.05) is 18.3 Å². The second-order valence-corrected chi connectivity index (χ2v) is 7.64. The lowest BCUT2D eigenvalue weighted by Gasteiger charge is -2.18. The molecule has 0 amide bonds. The maximum absolute atomic E-state index is 8.91. The molecule has 2 aromatic rings. The van der Waals surface area contributed by atoms with E-state index in [0.717, 1.165) is 27.9 Å². The van der Waals surface area contributed by atoms with Gasteiger partial charge in [0.1, 0.15) is 16.2 Å². The van der Waals surface area contributed by atoms with Gasteiger partial charge in [-0.15, -0.1) is 23.1 Å². The standard InChI is InChI=1S/C15H17N3S2/c1-9-3-4-11-12(5-9)20-15-13(11)14(17-8-18-15)19-7-10(2)6-16/h8-10H,3-5,7H2,1-2H3/t9-,10+/m0/s1. The van der Waals surface area contributed by atoms with Crippen molar-refractivity contribution >= 4 is 33.3 Å². The average Bonchev–Trinajstić information content (AvgIpc) is 2.82. The summed E-state index contributed by atoms with van der Waals surface area (Å²) in [4.78, 5) is 11.5. The highest BCUT2D eigenvalue weighted by atomic mass is 32.2. The van der Waals surface area contributed by atoms with Crippen molar-refractivity contribution in [1.29, 1.82) is 5.26 Å². The van der Waals surface area contributed by atoms with Crippen LogP contribution in [0.25, 0.3) is 10.2 Å². The minimum atomic E-state index is 0.0551. The van der Waals surface area contributed by atoms with Crippen LogP contribution in [0, 0.1) is 23.2 Å². The molecule has 3 nitrogen and oxygen atoms in total. The number of thioether (sulfide) groups is 1. The fourth-order valence-corrected chi connectivity index (χ4v) is 4.98. The first kappa shape index (κ1) is 13.8. The van der Waals surface area contributed by atoms with Crippen LogP contribution in [0.5, 0.6) is 0 Å². The zero-order valence-electron chi connectivity index (χ0n) is 11.7. The summed E-state index contributed by atoms with van der Waals surface area (Å²) in [5.41, 5.74) is 1.47. The van der Waals surface area contributed by atoms with Crippen LogP contribution >= 0.6 is 23.1 Å². The van der Waals surface area contributed by atoms with Crippen molar-refractivity contribution in [1.82, 2.24) is 9.97 Å². The van der Waals surface area contributed by atoms with Crippen molar-refractivity contribution < 1.29 is 0 Å². The Morgan fingerprint density at radius 3 is 3.20 bits per heavy atom. The largest absolute Gasteiger partial charge is 0.229 e. The molecule has 0 unspecified atom stereocenters. The third-order valence-electron chi connectivity index (χ3n) is 3.75. The van der Waals surface area contributed by atoms with Gasteiger partial charge < -0.3 is 0 Å². The molecule has 2 atom stereocenters. The van der Waals surface area contributed by atoms with Crippen molar-refractivity contribution in [3.8, 4) is 6.07 Å². The van der Waals surface area contributed by atoms with Gasteiger partial charge >= 0.3 is 0 Å². The van der Waals surface area contributed by atoms with Crippen molar-refractivity contribution in [2.45, 2.75) is 38.1 Å². The Kier molecular flexibility index (Phi) is 3.95. The molecule has 3 rings (SSSR count). The molecule has 0 saturated carbocycles. The number of rotatable bonds is 3. The van der Waals surface area contributed by atoms with Crippen LogP contribution in [0.4, 0.5) is 0 Å². The first-order valence-electron chi connectivity index (χ1n) is 6.96. The normalized spacial score (nSPS) is 19.6. The smallest absolute Gasteiger partial charge is 0.128 e. The molecule has 0 spiro atoms. The van der Waals surface area contributed by atoms with Gasteiger partial charge in [-0.1, -0.05) is 6.92 Å². The molecule has 1 aliphatic rings. The van der Waals surface area contributed by atoms with Crippen LogP contribution in [-0.4, -0.2) is 15.7 Å². The van der Waals surface area contributed by atoms with Crippen LogP contribution in [0.3, 0.4) is 0 Å². The lowest BCUT2D eigenvalue weighted by Crippen LogP contribution is -2.08. The topological polar surface area (TPSA) is 49.6 Å². The Bertz CT molecular complexity index is 672. The molecule has 20 heavy (non-hydrogen) atoms. The number of nitriles is 1.